The number of hydrogen-bond donors (Lipinski definition) is 1. The number of aromatic nitrogens is 4. The molecule has 0 aliphatic heterocycles. The Balaban J connectivity index is 2.33. The lowest BCUT2D eigenvalue weighted by Gasteiger charge is -2.05. The van der Waals surface area contributed by atoms with Crippen LogP contribution in [0.2, 0.25) is 5.02 Å². The molecule has 0 amide bonds. The summed E-state index contributed by atoms with van der Waals surface area (Å²) < 4.78 is 12.7. The molecule has 0 aliphatic rings. The fourth-order valence-electron chi connectivity index (χ4n) is 1.48. The Labute approximate surface area is 112 Å². The van der Waals surface area contributed by atoms with Crippen LogP contribution in [-0.4, -0.2) is 36.4 Å². The maximum atomic E-state index is 11.1. The molecular weight excluding hydrogens is 274 g/mol. The SMILES string of the molecule is CS(=O)CCn1nnnc1-c1ccc(N)cc1Cl. The first kappa shape index (κ1) is 13.0. The van der Waals surface area contributed by atoms with Gasteiger partial charge in [0.25, 0.3) is 0 Å². The molecule has 0 bridgehead atoms. The summed E-state index contributed by atoms with van der Waals surface area (Å²) in [6.07, 6.45) is 1.64. The van der Waals surface area contributed by atoms with Gasteiger partial charge in [-0.1, -0.05) is 11.6 Å². The molecule has 1 atom stereocenters. The van der Waals surface area contributed by atoms with E-state index in [0.717, 1.165) is 0 Å². The average Bonchev–Trinajstić information content (AvgIpc) is 2.74. The number of hydrogen-bond acceptors (Lipinski definition) is 5. The maximum absolute atomic E-state index is 11.1. The summed E-state index contributed by atoms with van der Waals surface area (Å²) in [7, 11) is -0.893. The third kappa shape index (κ3) is 2.85. The van der Waals surface area contributed by atoms with E-state index in [2.05, 4.69) is 15.5 Å². The van der Waals surface area contributed by atoms with Gasteiger partial charge in [0.15, 0.2) is 5.82 Å². The zero-order valence-corrected chi connectivity index (χ0v) is 11.3. The Morgan fingerprint density at radius 3 is 2.94 bits per heavy atom. The molecule has 0 saturated carbocycles. The quantitative estimate of drug-likeness (QED) is 0.845. The molecule has 2 rings (SSSR count). The second-order valence-corrected chi connectivity index (χ2v) is 5.70. The van der Waals surface area contributed by atoms with Crippen molar-refractivity contribution in [3.8, 4) is 11.4 Å². The second kappa shape index (κ2) is 5.45. The first-order valence-corrected chi connectivity index (χ1v) is 7.30. The standard InChI is InChI=1S/C10H12ClN5OS/c1-18(17)5-4-16-10(13-14-15-16)8-3-2-7(12)6-9(8)11/h2-3,6H,4-5,12H2,1H3. The van der Waals surface area contributed by atoms with Gasteiger partial charge in [-0.25, -0.2) is 4.68 Å². The Hall–Kier alpha value is -1.47. The molecule has 0 aliphatic carbocycles. The fourth-order valence-corrected chi connectivity index (χ4v) is 2.18. The number of nitrogen functional groups attached to an aromatic ring is 1. The maximum Gasteiger partial charge on any atom is 0.183 e. The number of halogens is 1. The van der Waals surface area contributed by atoms with E-state index in [0.29, 0.717) is 34.4 Å². The highest BCUT2D eigenvalue weighted by atomic mass is 35.5. The van der Waals surface area contributed by atoms with Gasteiger partial charge in [0.1, 0.15) is 0 Å². The van der Waals surface area contributed by atoms with Crippen LogP contribution in [-0.2, 0) is 17.3 Å². The molecule has 0 spiro atoms. The lowest BCUT2D eigenvalue weighted by molar-refractivity contribution is 0.625. The van der Waals surface area contributed by atoms with Crippen LogP contribution in [0.15, 0.2) is 18.2 Å². The van der Waals surface area contributed by atoms with Gasteiger partial charge in [0.05, 0.1) is 11.6 Å². The zero-order chi connectivity index (χ0) is 13.1. The Morgan fingerprint density at radius 1 is 1.50 bits per heavy atom. The minimum Gasteiger partial charge on any atom is -0.399 e. The summed E-state index contributed by atoms with van der Waals surface area (Å²) in [5, 5.41) is 11.9. The van der Waals surface area contributed by atoms with Crippen molar-refractivity contribution in [2.45, 2.75) is 6.54 Å². The van der Waals surface area contributed by atoms with Crippen LogP contribution in [0.5, 0.6) is 0 Å². The van der Waals surface area contributed by atoms with E-state index in [9.17, 15) is 4.21 Å². The number of nitrogens with zero attached hydrogens (tertiary/aromatic N) is 4. The van der Waals surface area contributed by atoms with E-state index < -0.39 is 10.8 Å². The van der Waals surface area contributed by atoms with Gasteiger partial charge in [-0.15, -0.1) is 5.10 Å². The van der Waals surface area contributed by atoms with Crippen LogP contribution >= 0.6 is 11.6 Å². The molecule has 1 aromatic carbocycles. The Bertz CT molecular complexity index is 585. The summed E-state index contributed by atoms with van der Waals surface area (Å²) in [5.74, 6) is 1.04. The minimum absolute atomic E-state index is 0.478. The zero-order valence-electron chi connectivity index (χ0n) is 9.71. The summed E-state index contributed by atoms with van der Waals surface area (Å²) in [4.78, 5) is 0. The largest absolute Gasteiger partial charge is 0.399 e. The normalized spacial score (nSPS) is 12.6. The van der Waals surface area contributed by atoms with E-state index in [1.165, 1.54) is 0 Å². The van der Waals surface area contributed by atoms with E-state index in [1.807, 2.05) is 0 Å². The van der Waals surface area contributed by atoms with Gasteiger partial charge in [0.2, 0.25) is 0 Å². The van der Waals surface area contributed by atoms with Crippen LogP contribution in [0.3, 0.4) is 0 Å². The molecular formula is C10H12ClN5OS. The van der Waals surface area contributed by atoms with Crippen LogP contribution in [0.4, 0.5) is 5.69 Å². The van der Waals surface area contributed by atoms with Gasteiger partial charge < -0.3 is 5.73 Å². The summed E-state index contributed by atoms with van der Waals surface area (Å²) in [5.41, 5.74) is 6.92. The van der Waals surface area contributed by atoms with E-state index in [-0.39, 0.29) is 0 Å². The summed E-state index contributed by atoms with van der Waals surface area (Å²) >= 11 is 6.11. The molecule has 8 heteroatoms. The highest BCUT2D eigenvalue weighted by Crippen LogP contribution is 2.27. The molecule has 96 valence electrons. The molecule has 1 unspecified atom stereocenters. The fraction of sp³-hybridized carbons (Fsp3) is 0.300. The van der Waals surface area contributed by atoms with Crippen molar-refractivity contribution in [1.29, 1.82) is 0 Å². The van der Waals surface area contributed by atoms with E-state index in [1.54, 1.807) is 29.1 Å². The number of anilines is 1. The Kier molecular flexibility index (Phi) is 3.93. The van der Waals surface area contributed by atoms with Crippen molar-refractivity contribution < 1.29 is 4.21 Å². The van der Waals surface area contributed by atoms with Crippen molar-refractivity contribution in [1.82, 2.24) is 20.2 Å². The van der Waals surface area contributed by atoms with E-state index in [4.69, 9.17) is 17.3 Å². The average molecular weight is 286 g/mol. The predicted octanol–water partition coefficient (Wildman–Crippen LogP) is 0.954. The van der Waals surface area contributed by atoms with E-state index >= 15 is 0 Å². The topological polar surface area (TPSA) is 86.7 Å². The molecule has 2 aromatic rings. The molecule has 1 aromatic heterocycles. The van der Waals surface area contributed by atoms with Crippen molar-refractivity contribution in [2.24, 2.45) is 0 Å². The lowest BCUT2D eigenvalue weighted by Crippen LogP contribution is -2.09. The third-order valence-corrected chi connectivity index (χ3v) is 3.43. The smallest absolute Gasteiger partial charge is 0.183 e. The second-order valence-electron chi connectivity index (χ2n) is 3.74. The summed E-state index contributed by atoms with van der Waals surface area (Å²) in [6.45, 7) is 0.478. The monoisotopic (exact) mass is 285 g/mol. The van der Waals surface area contributed by atoms with Crippen LogP contribution in [0.25, 0.3) is 11.4 Å². The Morgan fingerprint density at radius 2 is 2.28 bits per heavy atom. The van der Waals surface area contributed by atoms with Gasteiger partial charge in [-0.3, -0.25) is 4.21 Å². The number of tetrazole rings is 1. The number of benzene rings is 1. The highest BCUT2D eigenvalue weighted by Gasteiger charge is 2.12. The molecule has 0 saturated heterocycles. The first-order chi connectivity index (χ1) is 8.58. The van der Waals surface area contributed by atoms with Crippen LogP contribution < -0.4 is 5.73 Å². The van der Waals surface area contributed by atoms with Crippen molar-refractivity contribution in [3.05, 3.63) is 23.2 Å². The highest BCUT2D eigenvalue weighted by molar-refractivity contribution is 7.84. The van der Waals surface area contributed by atoms with Crippen LogP contribution in [0, 0.1) is 0 Å². The summed E-state index contributed by atoms with van der Waals surface area (Å²) in [6, 6.07) is 5.15. The van der Waals surface area contributed by atoms with Gasteiger partial charge in [-0.2, -0.15) is 0 Å². The van der Waals surface area contributed by atoms with Crippen LogP contribution in [0.1, 0.15) is 0 Å². The van der Waals surface area contributed by atoms with Gasteiger partial charge in [0, 0.05) is 34.1 Å². The molecule has 6 nitrogen and oxygen atoms in total. The lowest BCUT2D eigenvalue weighted by atomic mass is 10.2. The first-order valence-electron chi connectivity index (χ1n) is 5.19. The molecule has 2 N–H and O–H groups in total. The molecule has 0 radical (unpaired) electrons. The predicted molar refractivity (Wildman–Crippen MR) is 71.6 cm³/mol. The van der Waals surface area contributed by atoms with Gasteiger partial charge >= 0.3 is 0 Å². The number of rotatable bonds is 4. The van der Waals surface area contributed by atoms with Crippen molar-refractivity contribution in [2.75, 3.05) is 17.7 Å². The van der Waals surface area contributed by atoms with Gasteiger partial charge in [-0.05, 0) is 28.6 Å². The molecule has 18 heavy (non-hydrogen) atoms. The third-order valence-electron chi connectivity index (χ3n) is 2.36. The minimum atomic E-state index is -0.893. The number of aryl methyl sites for hydroxylation is 1. The number of nitrogens with two attached hydrogens (primary N) is 1. The van der Waals surface area contributed by atoms with Crippen molar-refractivity contribution >= 4 is 28.1 Å². The van der Waals surface area contributed by atoms with Crippen molar-refractivity contribution in [3.63, 3.8) is 0 Å². The molecule has 1 heterocycles. The molecule has 0 fully saturated rings.